The zero-order valence-electron chi connectivity index (χ0n) is 13.7. The number of rotatable bonds is 7. The Balaban J connectivity index is 2.22. The van der Waals surface area contributed by atoms with Gasteiger partial charge in [-0.3, -0.25) is 0 Å². The summed E-state index contributed by atoms with van der Waals surface area (Å²) < 4.78 is 33.2. The third kappa shape index (κ3) is 4.29. The molecule has 1 heterocycles. The molecule has 2 rings (SSSR count). The molecule has 0 aliphatic heterocycles. The van der Waals surface area contributed by atoms with Crippen molar-refractivity contribution in [2.75, 3.05) is 7.11 Å². The van der Waals surface area contributed by atoms with Gasteiger partial charge in [0.2, 0.25) is 10.0 Å². The average Bonchev–Trinajstić information content (AvgIpc) is 2.99. The second kappa shape index (κ2) is 7.10. The first-order chi connectivity index (χ1) is 10.8. The van der Waals surface area contributed by atoms with Crippen LogP contribution in [0.25, 0.3) is 0 Å². The van der Waals surface area contributed by atoms with Crippen molar-refractivity contribution in [3.63, 3.8) is 0 Å². The third-order valence-electron chi connectivity index (χ3n) is 3.61. The highest BCUT2D eigenvalue weighted by atomic mass is 32.2. The lowest BCUT2D eigenvalue weighted by Gasteiger charge is -2.22. The molecule has 1 atom stereocenters. The van der Waals surface area contributed by atoms with Crippen molar-refractivity contribution >= 4 is 10.0 Å². The van der Waals surface area contributed by atoms with E-state index in [1.165, 1.54) is 10.9 Å². The second-order valence-electron chi connectivity index (χ2n) is 5.69. The maximum atomic E-state index is 12.6. The Labute approximate surface area is 136 Å². The van der Waals surface area contributed by atoms with Crippen molar-refractivity contribution in [1.29, 1.82) is 0 Å². The van der Waals surface area contributed by atoms with E-state index in [1.54, 1.807) is 31.6 Å². The van der Waals surface area contributed by atoms with Gasteiger partial charge in [0.15, 0.2) is 0 Å². The van der Waals surface area contributed by atoms with Crippen LogP contribution in [0, 0.1) is 12.8 Å². The largest absolute Gasteiger partial charge is 0.496 e. The minimum Gasteiger partial charge on any atom is -0.496 e. The molecule has 1 aromatic heterocycles. The molecule has 0 amide bonds. The normalized spacial score (nSPS) is 13.3. The molecule has 23 heavy (non-hydrogen) atoms. The SMILES string of the molecule is COc1ccc(S(=O)(=O)NC(Cn2nccn2)C(C)C)cc1C. The molecule has 126 valence electrons. The van der Waals surface area contributed by atoms with Crippen LogP contribution in [0.15, 0.2) is 35.5 Å². The highest BCUT2D eigenvalue weighted by molar-refractivity contribution is 7.89. The fraction of sp³-hybridized carbons (Fsp3) is 0.467. The van der Waals surface area contributed by atoms with Crippen LogP contribution < -0.4 is 9.46 Å². The molecule has 0 spiro atoms. The molecule has 0 saturated carbocycles. The molecule has 0 aliphatic carbocycles. The first-order valence-electron chi connectivity index (χ1n) is 7.34. The van der Waals surface area contributed by atoms with E-state index in [2.05, 4.69) is 14.9 Å². The molecule has 0 fully saturated rings. The summed E-state index contributed by atoms with van der Waals surface area (Å²) in [6.45, 7) is 6.09. The van der Waals surface area contributed by atoms with Gasteiger partial charge in [0.25, 0.3) is 0 Å². The van der Waals surface area contributed by atoms with E-state index in [1.807, 2.05) is 20.8 Å². The smallest absolute Gasteiger partial charge is 0.240 e. The molecule has 0 radical (unpaired) electrons. The van der Waals surface area contributed by atoms with Crippen LogP contribution in [0.1, 0.15) is 19.4 Å². The summed E-state index contributed by atoms with van der Waals surface area (Å²) in [7, 11) is -2.07. The lowest BCUT2D eigenvalue weighted by Crippen LogP contribution is -2.41. The van der Waals surface area contributed by atoms with E-state index >= 15 is 0 Å². The predicted molar refractivity (Wildman–Crippen MR) is 86.7 cm³/mol. The summed E-state index contributed by atoms with van der Waals surface area (Å²) in [5, 5.41) is 8.06. The third-order valence-corrected chi connectivity index (χ3v) is 5.10. The molecule has 1 N–H and O–H groups in total. The van der Waals surface area contributed by atoms with Crippen LogP contribution in [-0.4, -0.2) is 36.6 Å². The Morgan fingerprint density at radius 2 is 1.91 bits per heavy atom. The Hall–Kier alpha value is -1.93. The molecule has 0 saturated heterocycles. The summed E-state index contributed by atoms with van der Waals surface area (Å²) in [6, 6.07) is 4.49. The summed E-state index contributed by atoms with van der Waals surface area (Å²) in [5.74, 6) is 0.750. The lowest BCUT2D eigenvalue weighted by molar-refractivity contribution is 0.361. The van der Waals surface area contributed by atoms with Gasteiger partial charge in [-0.1, -0.05) is 13.8 Å². The highest BCUT2D eigenvalue weighted by Gasteiger charge is 2.24. The van der Waals surface area contributed by atoms with Crippen LogP contribution in [-0.2, 0) is 16.6 Å². The highest BCUT2D eigenvalue weighted by Crippen LogP contribution is 2.22. The molecule has 1 unspecified atom stereocenters. The van der Waals surface area contributed by atoms with E-state index in [0.717, 1.165) is 5.56 Å². The number of aromatic nitrogens is 3. The first kappa shape index (κ1) is 17.4. The number of aryl methyl sites for hydroxylation is 1. The first-order valence-corrected chi connectivity index (χ1v) is 8.83. The van der Waals surface area contributed by atoms with Gasteiger partial charge in [-0.05, 0) is 36.6 Å². The molecule has 0 bridgehead atoms. The molecule has 8 heteroatoms. The molecule has 7 nitrogen and oxygen atoms in total. The number of hydrogen-bond donors (Lipinski definition) is 1. The van der Waals surface area contributed by atoms with E-state index in [-0.39, 0.29) is 16.9 Å². The van der Waals surface area contributed by atoms with Crippen molar-refractivity contribution in [3.8, 4) is 5.75 Å². The van der Waals surface area contributed by atoms with Crippen molar-refractivity contribution in [3.05, 3.63) is 36.2 Å². The van der Waals surface area contributed by atoms with Crippen molar-refractivity contribution < 1.29 is 13.2 Å². The predicted octanol–water partition coefficient (Wildman–Crippen LogP) is 1.60. The van der Waals surface area contributed by atoms with Crippen LogP contribution in [0.3, 0.4) is 0 Å². The Bertz CT molecular complexity index is 742. The maximum absolute atomic E-state index is 12.6. The number of benzene rings is 1. The Morgan fingerprint density at radius 3 is 2.43 bits per heavy atom. The van der Waals surface area contributed by atoms with Gasteiger partial charge < -0.3 is 4.74 Å². The quantitative estimate of drug-likeness (QED) is 0.829. The number of ether oxygens (including phenoxy) is 1. The topological polar surface area (TPSA) is 86.1 Å². The molecule has 0 aliphatic rings. The van der Waals surface area contributed by atoms with E-state index in [9.17, 15) is 8.42 Å². The van der Waals surface area contributed by atoms with Crippen molar-refractivity contribution in [2.45, 2.75) is 38.3 Å². The fourth-order valence-corrected chi connectivity index (χ4v) is 3.64. The number of sulfonamides is 1. The monoisotopic (exact) mass is 338 g/mol. The Kier molecular flexibility index (Phi) is 5.38. The fourth-order valence-electron chi connectivity index (χ4n) is 2.18. The molecular formula is C15H22N4O3S. The van der Waals surface area contributed by atoms with Crippen LogP contribution in [0.2, 0.25) is 0 Å². The average molecular weight is 338 g/mol. The number of methoxy groups -OCH3 is 1. The lowest BCUT2D eigenvalue weighted by atomic mass is 10.1. The maximum Gasteiger partial charge on any atom is 0.240 e. The number of nitrogens with one attached hydrogen (secondary N) is 1. The molecule has 1 aromatic carbocycles. The van der Waals surface area contributed by atoms with Gasteiger partial charge in [0.05, 0.1) is 30.9 Å². The van der Waals surface area contributed by atoms with Gasteiger partial charge >= 0.3 is 0 Å². The van der Waals surface area contributed by atoms with E-state index < -0.39 is 10.0 Å². The van der Waals surface area contributed by atoms with Gasteiger partial charge in [0, 0.05) is 6.04 Å². The van der Waals surface area contributed by atoms with Crippen LogP contribution in [0.5, 0.6) is 5.75 Å². The number of hydrogen-bond acceptors (Lipinski definition) is 5. The van der Waals surface area contributed by atoms with Gasteiger partial charge in [-0.25, -0.2) is 13.1 Å². The zero-order valence-corrected chi connectivity index (χ0v) is 14.5. The van der Waals surface area contributed by atoms with Crippen LogP contribution in [0.4, 0.5) is 0 Å². The van der Waals surface area contributed by atoms with Gasteiger partial charge in [0.1, 0.15) is 5.75 Å². The Morgan fingerprint density at radius 1 is 1.26 bits per heavy atom. The minimum atomic E-state index is -3.63. The van der Waals surface area contributed by atoms with Gasteiger partial charge in [-0.15, -0.1) is 0 Å². The van der Waals surface area contributed by atoms with E-state index in [4.69, 9.17) is 4.74 Å². The standard InChI is InChI=1S/C15H22N4O3S/c1-11(2)14(10-19-16-7-8-17-19)18-23(20,21)13-5-6-15(22-4)12(3)9-13/h5-9,11,14,18H,10H2,1-4H3. The minimum absolute atomic E-state index is 0.0927. The summed E-state index contributed by atoms with van der Waals surface area (Å²) in [5.41, 5.74) is 0.769. The zero-order chi connectivity index (χ0) is 17.0. The van der Waals surface area contributed by atoms with E-state index in [0.29, 0.717) is 12.3 Å². The van der Waals surface area contributed by atoms with Gasteiger partial charge in [-0.2, -0.15) is 15.0 Å². The van der Waals surface area contributed by atoms with Crippen molar-refractivity contribution in [2.24, 2.45) is 5.92 Å². The van der Waals surface area contributed by atoms with Crippen LogP contribution >= 0.6 is 0 Å². The molecule has 2 aromatic rings. The van der Waals surface area contributed by atoms with Crippen molar-refractivity contribution in [1.82, 2.24) is 19.7 Å². The number of nitrogens with zero attached hydrogens (tertiary/aromatic N) is 3. The summed E-state index contributed by atoms with van der Waals surface area (Å²) in [6.07, 6.45) is 3.14. The summed E-state index contributed by atoms with van der Waals surface area (Å²) >= 11 is 0. The summed E-state index contributed by atoms with van der Waals surface area (Å²) in [4.78, 5) is 1.70. The molecular weight excluding hydrogens is 316 g/mol. The second-order valence-corrected chi connectivity index (χ2v) is 7.40.